The van der Waals surface area contributed by atoms with Crippen molar-refractivity contribution in [3.8, 4) is 11.8 Å². The fourth-order valence-corrected chi connectivity index (χ4v) is 1.23. The predicted molar refractivity (Wildman–Crippen MR) is 59.5 cm³/mol. The summed E-state index contributed by atoms with van der Waals surface area (Å²) >= 11 is 0. The van der Waals surface area contributed by atoms with Gasteiger partial charge in [0.05, 0.1) is 0 Å². The topological polar surface area (TPSA) is 104 Å². The zero-order valence-corrected chi connectivity index (χ0v) is 8.25. The second-order valence-electron chi connectivity index (χ2n) is 3.10. The maximum Gasteiger partial charge on any atom is 0.244 e. The molecule has 0 spiro atoms. The predicted octanol–water partition coefficient (Wildman–Crippen LogP) is 1.21. The molecule has 16 heavy (non-hydrogen) atoms. The van der Waals surface area contributed by atoms with Crippen LogP contribution in [-0.2, 0) is 0 Å². The first-order valence-corrected chi connectivity index (χ1v) is 4.54. The summed E-state index contributed by atoms with van der Waals surface area (Å²) in [7, 11) is 0. The van der Waals surface area contributed by atoms with Crippen LogP contribution in [0.25, 0.3) is 0 Å². The van der Waals surface area contributed by atoms with E-state index in [1.165, 1.54) is 0 Å². The third kappa shape index (κ3) is 1.95. The Morgan fingerprint density at radius 3 is 2.12 bits per heavy atom. The second kappa shape index (κ2) is 3.93. The minimum absolute atomic E-state index is 0.0281. The van der Waals surface area contributed by atoms with Crippen molar-refractivity contribution in [3.63, 3.8) is 0 Å². The second-order valence-corrected chi connectivity index (χ2v) is 3.10. The highest BCUT2D eigenvalue weighted by Gasteiger charge is 2.11. The molecule has 0 saturated carbocycles. The van der Waals surface area contributed by atoms with Gasteiger partial charge in [-0.25, -0.2) is 0 Å². The molecule has 1 heterocycles. The number of nitrogens with two attached hydrogens (primary N) is 1. The average molecular weight is 218 g/mol. The molecule has 0 fully saturated rings. The molecule has 1 aromatic carbocycles. The highest BCUT2D eigenvalue weighted by molar-refractivity contribution is 5.69. The van der Waals surface area contributed by atoms with Gasteiger partial charge in [0.1, 0.15) is 0 Å². The lowest BCUT2D eigenvalue weighted by molar-refractivity contribution is 0.428. The van der Waals surface area contributed by atoms with Crippen molar-refractivity contribution in [2.24, 2.45) is 0 Å². The summed E-state index contributed by atoms with van der Waals surface area (Å²) < 4.78 is 0. The number of aromatic hydroxyl groups is 2. The summed E-state index contributed by atoms with van der Waals surface area (Å²) in [4.78, 5) is 7.06. The van der Waals surface area contributed by atoms with E-state index in [-0.39, 0.29) is 11.6 Å². The van der Waals surface area contributed by atoms with E-state index < -0.39 is 11.8 Å². The van der Waals surface area contributed by atoms with Crippen molar-refractivity contribution < 1.29 is 10.2 Å². The molecule has 6 heteroatoms. The summed E-state index contributed by atoms with van der Waals surface area (Å²) in [5, 5.41) is 21.7. The number of hydrogen-bond donors (Lipinski definition) is 4. The quantitative estimate of drug-likeness (QED) is 0.604. The fourth-order valence-electron chi connectivity index (χ4n) is 1.23. The summed E-state index contributed by atoms with van der Waals surface area (Å²) in [6, 6.07) is 9.03. The van der Waals surface area contributed by atoms with Crippen LogP contribution >= 0.6 is 0 Å². The molecule has 0 atom stereocenters. The van der Waals surface area contributed by atoms with Crippen LogP contribution in [0.1, 0.15) is 0 Å². The van der Waals surface area contributed by atoms with Gasteiger partial charge in [0.2, 0.25) is 17.7 Å². The highest BCUT2D eigenvalue weighted by atomic mass is 16.3. The van der Waals surface area contributed by atoms with Gasteiger partial charge in [-0.3, -0.25) is 0 Å². The Morgan fingerprint density at radius 1 is 1.00 bits per heavy atom. The zero-order valence-electron chi connectivity index (χ0n) is 8.25. The molecule has 0 aliphatic heterocycles. The van der Waals surface area contributed by atoms with Crippen LogP contribution in [0.3, 0.4) is 0 Å². The van der Waals surface area contributed by atoms with Crippen LogP contribution in [0.5, 0.6) is 11.8 Å². The number of benzene rings is 1. The summed E-state index contributed by atoms with van der Waals surface area (Å²) in [5.74, 6) is -0.976. The Kier molecular flexibility index (Phi) is 2.47. The summed E-state index contributed by atoms with van der Waals surface area (Å²) in [6.45, 7) is 0. The number of rotatable bonds is 2. The van der Waals surface area contributed by atoms with Gasteiger partial charge in [-0.05, 0) is 12.1 Å². The third-order valence-corrected chi connectivity index (χ3v) is 1.93. The fraction of sp³-hybridized carbons (Fsp3) is 0. The number of para-hydroxylation sites is 1. The first-order valence-electron chi connectivity index (χ1n) is 4.54. The van der Waals surface area contributed by atoms with Gasteiger partial charge in [0, 0.05) is 5.69 Å². The first-order chi connectivity index (χ1) is 7.66. The van der Waals surface area contributed by atoms with Gasteiger partial charge in [-0.2, -0.15) is 9.97 Å². The van der Waals surface area contributed by atoms with E-state index in [0.29, 0.717) is 5.69 Å². The van der Waals surface area contributed by atoms with Crippen LogP contribution in [0.4, 0.5) is 17.3 Å². The molecule has 5 N–H and O–H groups in total. The maximum atomic E-state index is 9.48. The molecule has 0 aliphatic rings. The van der Waals surface area contributed by atoms with E-state index in [1.807, 2.05) is 18.2 Å². The molecule has 0 amide bonds. The molecule has 6 nitrogen and oxygen atoms in total. The number of nitrogen functional groups attached to an aromatic ring is 1. The van der Waals surface area contributed by atoms with Crippen LogP contribution in [-0.4, -0.2) is 20.2 Å². The lowest BCUT2D eigenvalue weighted by Crippen LogP contribution is -1.99. The highest BCUT2D eigenvalue weighted by Crippen LogP contribution is 2.32. The molecule has 0 saturated heterocycles. The summed E-state index contributed by atoms with van der Waals surface area (Å²) in [5.41, 5.74) is 5.98. The molecule has 82 valence electrons. The van der Waals surface area contributed by atoms with Crippen LogP contribution in [0.2, 0.25) is 0 Å². The molecular formula is C10H10N4O2. The van der Waals surface area contributed by atoms with Crippen molar-refractivity contribution in [2.75, 3.05) is 11.1 Å². The van der Waals surface area contributed by atoms with Crippen LogP contribution < -0.4 is 11.1 Å². The van der Waals surface area contributed by atoms with Crippen molar-refractivity contribution in [1.82, 2.24) is 9.97 Å². The van der Waals surface area contributed by atoms with Crippen molar-refractivity contribution in [1.29, 1.82) is 0 Å². The van der Waals surface area contributed by atoms with Crippen LogP contribution in [0, 0.1) is 0 Å². The zero-order chi connectivity index (χ0) is 11.5. The lowest BCUT2D eigenvalue weighted by atomic mass is 10.3. The van der Waals surface area contributed by atoms with E-state index in [9.17, 15) is 10.2 Å². The normalized spacial score (nSPS) is 10.0. The van der Waals surface area contributed by atoms with Gasteiger partial charge in [0.15, 0.2) is 5.69 Å². The number of anilines is 3. The number of hydrogen-bond acceptors (Lipinski definition) is 6. The smallest absolute Gasteiger partial charge is 0.244 e. The van der Waals surface area contributed by atoms with E-state index in [0.717, 1.165) is 0 Å². The lowest BCUT2D eigenvalue weighted by Gasteiger charge is -2.08. The number of aromatic nitrogens is 2. The molecule has 1 aromatic heterocycles. The van der Waals surface area contributed by atoms with Crippen molar-refractivity contribution in [3.05, 3.63) is 30.3 Å². The van der Waals surface area contributed by atoms with Gasteiger partial charge in [0.25, 0.3) is 0 Å². The van der Waals surface area contributed by atoms with Gasteiger partial charge >= 0.3 is 0 Å². The van der Waals surface area contributed by atoms with Crippen molar-refractivity contribution >= 4 is 17.3 Å². The minimum Gasteiger partial charge on any atom is -0.492 e. The number of nitrogens with zero attached hydrogens (tertiary/aromatic N) is 2. The Morgan fingerprint density at radius 2 is 1.56 bits per heavy atom. The molecule has 2 aromatic rings. The third-order valence-electron chi connectivity index (χ3n) is 1.93. The van der Waals surface area contributed by atoms with Gasteiger partial charge in [-0.1, -0.05) is 18.2 Å². The Hall–Kier alpha value is -2.50. The monoisotopic (exact) mass is 218 g/mol. The molecule has 0 unspecified atom stereocenters. The molecule has 0 radical (unpaired) electrons. The van der Waals surface area contributed by atoms with Gasteiger partial charge < -0.3 is 21.3 Å². The molecule has 0 aliphatic carbocycles. The standard InChI is InChI=1S/C10H10N4O2/c11-10-13-8(15)7(9(16)14-10)12-6-4-2-1-3-5-6/h1-5,12H,(H4,11,13,14,15,16). The largest absolute Gasteiger partial charge is 0.492 e. The van der Waals surface area contributed by atoms with E-state index >= 15 is 0 Å². The van der Waals surface area contributed by atoms with E-state index in [2.05, 4.69) is 15.3 Å². The van der Waals surface area contributed by atoms with E-state index in [4.69, 9.17) is 5.73 Å². The molecule has 2 rings (SSSR count). The Balaban J connectivity index is 2.35. The Labute approximate surface area is 91.4 Å². The maximum absolute atomic E-state index is 9.48. The Bertz CT molecular complexity index is 478. The van der Waals surface area contributed by atoms with E-state index in [1.54, 1.807) is 12.1 Å². The average Bonchev–Trinajstić information content (AvgIpc) is 2.25. The van der Waals surface area contributed by atoms with Crippen LogP contribution in [0.15, 0.2) is 30.3 Å². The molecule has 0 bridgehead atoms. The number of nitrogens with one attached hydrogen (secondary N) is 1. The SMILES string of the molecule is Nc1nc(O)c(Nc2ccccc2)c(O)n1. The van der Waals surface area contributed by atoms with Gasteiger partial charge in [-0.15, -0.1) is 0 Å². The first kappa shape index (κ1) is 10.0. The molecular weight excluding hydrogens is 208 g/mol. The summed E-state index contributed by atoms with van der Waals surface area (Å²) in [6.07, 6.45) is 0. The van der Waals surface area contributed by atoms with Crippen molar-refractivity contribution in [2.45, 2.75) is 0 Å². The minimum atomic E-state index is -0.395.